The average Bonchev–Trinajstić information content (AvgIpc) is 2.94. The third-order valence-electron chi connectivity index (χ3n) is 4.86. The fraction of sp³-hybridized carbons (Fsp3) is 0.467. The van der Waals surface area contributed by atoms with Crippen molar-refractivity contribution < 1.29 is 9.59 Å². The third-order valence-corrected chi connectivity index (χ3v) is 4.86. The molecule has 3 aliphatic heterocycles. The van der Waals surface area contributed by atoms with Crippen molar-refractivity contribution in [2.45, 2.75) is 43.9 Å². The summed E-state index contributed by atoms with van der Waals surface area (Å²) in [4.78, 5) is 26.1. The van der Waals surface area contributed by atoms with Crippen molar-refractivity contribution in [1.82, 2.24) is 10.2 Å². The van der Waals surface area contributed by atoms with E-state index < -0.39 is 5.66 Å². The van der Waals surface area contributed by atoms with Gasteiger partial charge in [-0.05, 0) is 25.0 Å². The maximum Gasteiger partial charge on any atom is 0.255 e. The number of nitrogens with one attached hydrogen (secondary N) is 2. The number of rotatable bonds is 0. The molecular formula is C15H17N3O2. The largest absolute Gasteiger partial charge is 0.360 e. The molecule has 2 amide bonds. The molecule has 20 heavy (non-hydrogen) atoms. The Kier molecular flexibility index (Phi) is 2.20. The number of para-hydroxylation sites is 1. The van der Waals surface area contributed by atoms with Crippen LogP contribution in [-0.2, 0) is 4.79 Å². The SMILES string of the molecule is CC(=O)N1[C@H]2CC[C@H]1[C@]1(C2)NC(=O)c2ccccc2N1. The molecule has 2 fully saturated rings. The predicted octanol–water partition coefficient (Wildman–Crippen LogP) is 1.32. The molecular weight excluding hydrogens is 254 g/mol. The molecule has 2 N–H and O–H groups in total. The highest BCUT2D eigenvalue weighted by molar-refractivity contribution is 6.02. The van der Waals surface area contributed by atoms with E-state index in [4.69, 9.17) is 0 Å². The van der Waals surface area contributed by atoms with Gasteiger partial charge in [-0.1, -0.05) is 12.1 Å². The van der Waals surface area contributed by atoms with Crippen LogP contribution in [0.1, 0.15) is 36.5 Å². The Morgan fingerprint density at radius 2 is 2.10 bits per heavy atom. The minimum Gasteiger partial charge on any atom is -0.360 e. The van der Waals surface area contributed by atoms with Gasteiger partial charge in [0.2, 0.25) is 5.91 Å². The monoisotopic (exact) mass is 271 g/mol. The summed E-state index contributed by atoms with van der Waals surface area (Å²) < 4.78 is 0. The number of amides is 2. The Morgan fingerprint density at radius 3 is 2.85 bits per heavy atom. The fourth-order valence-electron chi connectivity index (χ4n) is 4.15. The van der Waals surface area contributed by atoms with E-state index in [0.29, 0.717) is 5.56 Å². The number of carbonyl (C=O) groups excluding carboxylic acids is 2. The quantitative estimate of drug-likeness (QED) is 0.748. The van der Waals surface area contributed by atoms with Crippen LogP contribution < -0.4 is 10.6 Å². The number of benzene rings is 1. The summed E-state index contributed by atoms with van der Waals surface area (Å²) in [5.74, 6) is 0.0553. The molecule has 0 aromatic heterocycles. The molecule has 4 rings (SSSR count). The fourth-order valence-corrected chi connectivity index (χ4v) is 4.15. The molecule has 1 aromatic rings. The Bertz CT molecular complexity index is 615. The van der Waals surface area contributed by atoms with Gasteiger partial charge in [0.25, 0.3) is 5.91 Å². The van der Waals surface area contributed by atoms with Crippen molar-refractivity contribution in [1.29, 1.82) is 0 Å². The standard InChI is InChI=1S/C15H17N3O2/c1-9(19)18-10-6-7-13(18)15(8-10)16-12-5-3-2-4-11(12)14(20)17-15/h2-5,10,13,16H,6-8H2,1H3,(H,17,20)/t10-,13-,15-/m0/s1. The maximum absolute atomic E-state index is 12.3. The van der Waals surface area contributed by atoms with Gasteiger partial charge in [0, 0.05) is 25.1 Å². The molecule has 3 atom stereocenters. The smallest absolute Gasteiger partial charge is 0.255 e. The first-order valence-corrected chi connectivity index (χ1v) is 7.09. The van der Waals surface area contributed by atoms with Crippen LogP contribution >= 0.6 is 0 Å². The minimum atomic E-state index is -0.486. The van der Waals surface area contributed by atoms with E-state index in [2.05, 4.69) is 10.6 Å². The number of anilines is 1. The maximum atomic E-state index is 12.3. The van der Waals surface area contributed by atoms with Gasteiger partial charge in [0.05, 0.1) is 11.6 Å². The van der Waals surface area contributed by atoms with Gasteiger partial charge in [-0.25, -0.2) is 0 Å². The molecule has 5 nitrogen and oxygen atoms in total. The van der Waals surface area contributed by atoms with Gasteiger partial charge < -0.3 is 15.5 Å². The lowest BCUT2D eigenvalue weighted by Gasteiger charge is -2.42. The number of carbonyl (C=O) groups is 2. The van der Waals surface area contributed by atoms with Gasteiger partial charge >= 0.3 is 0 Å². The van der Waals surface area contributed by atoms with Crippen LogP contribution in [0.2, 0.25) is 0 Å². The Hall–Kier alpha value is -2.04. The Morgan fingerprint density at radius 1 is 1.30 bits per heavy atom. The van der Waals surface area contributed by atoms with Crippen LogP contribution in [0.4, 0.5) is 5.69 Å². The normalized spacial score (nSPS) is 33.9. The van der Waals surface area contributed by atoms with Crippen LogP contribution in [-0.4, -0.2) is 34.5 Å². The highest BCUT2D eigenvalue weighted by atomic mass is 16.2. The van der Waals surface area contributed by atoms with Crippen LogP contribution in [0.3, 0.4) is 0 Å². The summed E-state index contributed by atoms with van der Waals surface area (Å²) in [6, 6.07) is 7.84. The first-order chi connectivity index (χ1) is 9.61. The van der Waals surface area contributed by atoms with E-state index >= 15 is 0 Å². The van der Waals surface area contributed by atoms with Crippen molar-refractivity contribution in [3.05, 3.63) is 29.8 Å². The van der Waals surface area contributed by atoms with Gasteiger partial charge in [-0.3, -0.25) is 9.59 Å². The molecule has 0 saturated carbocycles. The summed E-state index contributed by atoms with van der Waals surface area (Å²) in [6.07, 6.45) is 2.77. The molecule has 0 radical (unpaired) electrons. The Labute approximate surface area is 117 Å². The summed E-state index contributed by atoms with van der Waals surface area (Å²) in [7, 11) is 0. The lowest BCUT2D eigenvalue weighted by Crippen LogP contribution is -2.64. The molecule has 1 spiro atoms. The van der Waals surface area contributed by atoms with E-state index in [-0.39, 0.29) is 23.9 Å². The second-order valence-electron chi connectivity index (χ2n) is 5.97. The van der Waals surface area contributed by atoms with Gasteiger partial charge in [-0.15, -0.1) is 0 Å². The number of fused-ring (bicyclic) bond motifs is 4. The van der Waals surface area contributed by atoms with Gasteiger partial charge in [-0.2, -0.15) is 0 Å². The summed E-state index contributed by atoms with van der Waals surface area (Å²) in [6.45, 7) is 1.61. The molecule has 0 aliphatic carbocycles. The molecule has 1 aromatic carbocycles. The number of hydrogen-bond acceptors (Lipinski definition) is 3. The number of nitrogens with zero attached hydrogens (tertiary/aromatic N) is 1. The summed E-state index contributed by atoms with van der Waals surface area (Å²) in [5, 5.41) is 6.61. The first-order valence-electron chi connectivity index (χ1n) is 7.09. The van der Waals surface area contributed by atoms with E-state index in [0.717, 1.165) is 24.9 Å². The first kappa shape index (κ1) is 11.8. The average molecular weight is 271 g/mol. The molecule has 104 valence electrons. The van der Waals surface area contributed by atoms with Crippen molar-refractivity contribution >= 4 is 17.5 Å². The zero-order valence-electron chi connectivity index (χ0n) is 11.3. The highest BCUT2D eigenvalue weighted by Gasteiger charge is 2.59. The van der Waals surface area contributed by atoms with Crippen molar-refractivity contribution in [3.8, 4) is 0 Å². The molecule has 3 heterocycles. The third kappa shape index (κ3) is 1.38. The topological polar surface area (TPSA) is 61.4 Å². The highest BCUT2D eigenvalue weighted by Crippen LogP contribution is 2.46. The molecule has 2 bridgehead atoms. The molecule has 5 heteroatoms. The van der Waals surface area contributed by atoms with E-state index in [1.54, 1.807) is 6.92 Å². The lowest BCUT2D eigenvalue weighted by atomic mass is 9.86. The second-order valence-corrected chi connectivity index (χ2v) is 5.97. The van der Waals surface area contributed by atoms with Crippen molar-refractivity contribution in [2.24, 2.45) is 0 Å². The molecule has 2 saturated heterocycles. The van der Waals surface area contributed by atoms with Crippen LogP contribution in [0, 0.1) is 0 Å². The van der Waals surface area contributed by atoms with Crippen molar-refractivity contribution in [2.75, 3.05) is 5.32 Å². The zero-order chi connectivity index (χ0) is 13.9. The second kappa shape index (κ2) is 3.75. The summed E-state index contributed by atoms with van der Waals surface area (Å²) >= 11 is 0. The van der Waals surface area contributed by atoms with Crippen LogP contribution in [0.25, 0.3) is 0 Å². The Balaban J connectivity index is 1.75. The van der Waals surface area contributed by atoms with E-state index in [9.17, 15) is 9.59 Å². The van der Waals surface area contributed by atoms with Gasteiger partial charge in [0.15, 0.2) is 0 Å². The van der Waals surface area contributed by atoms with E-state index in [1.807, 2.05) is 29.2 Å². The van der Waals surface area contributed by atoms with Crippen LogP contribution in [0.5, 0.6) is 0 Å². The predicted molar refractivity (Wildman–Crippen MR) is 74.2 cm³/mol. The number of hydrogen-bond donors (Lipinski definition) is 2. The van der Waals surface area contributed by atoms with Gasteiger partial charge in [0.1, 0.15) is 5.66 Å². The van der Waals surface area contributed by atoms with Crippen molar-refractivity contribution in [3.63, 3.8) is 0 Å². The van der Waals surface area contributed by atoms with E-state index in [1.165, 1.54) is 0 Å². The minimum absolute atomic E-state index is 0.0459. The zero-order valence-corrected chi connectivity index (χ0v) is 11.3. The lowest BCUT2D eigenvalue weighted by molar-refractivity contribution is -0.130. The summed E-state index contributed by atoms with van der Waals surface area (Å²) in [5.41, 5.74) is 1.06. The molecule has 0 unspecified atom stereocenters. The van der Waals surface area contributed by atoms with Crippen LogP contribution in [0.15, 0.2) is 24.3 Å². The molecule has 3 aliphatic rings.